The summed E-state index contributed by atoms with van der Waals surface area (Å²) in [4.78, 5) is 30.0. The van der Waals surface area contributed by atoms with E-state index in [0.29, 0.717) is 30.5 Å². The topological polar surface area (TPSA) is 96.1 Å². The summed E-state index contributed by atoms with van der Waals surface area (Å²) in [7, 11) is 1.58. The Bertz CT molecular complexity index is 727. The number of carbonyl (C=O) groups excluding carboxylic acids is 1. The lowest BCUT2D eigenvalue weighted by molar-refractivity contribution is -0.120. The third-order valence-electron chi connectivity index (χ3n) is 3.15. The van der Waals surface area contributed by atoms with Gasteiger partial charge in [-0.2, -0.15) is 0 Å². The highest BCUT2D eigenvalue weighted by Crippen LogP contribution is 2.17. The van der Waals surface area contributed by atoms with Crippen molar-refractivity contribution in [3.05, 3.63) is 51.9 Å². The molecule has 0 saturated carbocycles. The average molecular weight is 316 g/mol. The maximum Gasteiger partial charge on any atom is 0.252 e. The predicted octanol–water partition coefficient (Wildman–Crippen LogP) is 0.858. The molecule has 0 fully saturated rings. The fourth-order valence-corrected chi connectivity index (χ4v) is 2.13. The highest BCUT2D eigenvalue weighted by Gasteiger charge is 2.07. The molecule has 2 rings (SSSR count). The molecule has 0 unspecified atom stereocenters. The summed E-state index contributed by atoms with van der Waals surface area (Å²) in [5.74, 6) is 0.998. The van der Waals surface area contributed by atoms with Crippen molar-refractivity contribution < 1.29 is 9.53 Å². The van der Waals surface area contributed by atoms with Gasteiger partial charge in [-0.25, -0.2) is 4.98 Å². The summed E-state index contributed by atoms with van der Waals surface area (Å²) in [6.07, 6.45) is 0.254. The summed E-state index contributed by atoms with van der Waals surface area (Å²) in [5.41, 5.74) is 1.27. The van der Waals surface area contributed by atoms with Gasteiger partial charge in [-0.05, 0) is 13.0 Å². The molecule has 0 radical (unpaired) electrons. The Morgan fingerprint density at radius 3 is 2.83 bits per heavy atom. The predicted molar refractivity (Wildman–Crippen MR) is 87.8 cm³/mol. The van der Waals surface area contributed by atoms with E-state index in [4.69, 9.17) is 4.74 Å². The Morgan fingerprint density at radius 2 is 2.09 bits per heavy atom. The van der Waals surface area contributed by atoms with Crippen molar-refractivity contribution >= 4 is 11.9 Å². The van der Waals surface area contributed by atoms with E-state index in [1.807, 2.05) is 24.3 Å². The van der Waals surface area contributed by atoms with E-state index in [2.05, 4.69) is 20.6 Å². The fraction of sp³-hybridized carbons (Fsp3) is 0.312. The van der Waals surface area contributed by atoms with Crippen LogP contribution in [0, 0.1) is 6.92 Å². The SMILES string of the molecule is COc1ccccc1CC(=O)NCCNc1nc(C)cc(=O)[nH]1. The minimum Gasteiger partial charge on any atom is -0.496 e. The first kappa shape index (κ1) is 16.5. The van der Waals surface area contributed by atoms with Crippen LogP contribution in [0.2, 0.25) is 0 Å². The van der Waals surface area contributed by atoms with Crippen molar-refractivity contribution in [3.8, 4) is 5.75 Å². The minimum absolute atomic E-state index is 0.0954. The van der Waals surface area contributed by atoms with Crippen molar-refractivity contribution in [2.75, 3.05) is 25.5 Å². The number of hydrogen-bond acceptors (Lipinski definition) is 5. The quantitative estimate of drug-likeness (QED) is 0.658. The number of anilines is 1. The van der Waals surface area contributed by atoms with Crippen molar-refractivity contribution in [3.63, 3.8) is 0 Å². The number of para-hydroxylation sites is 1. The number of methoxy groups -OCH3 is 1. The zero-order valence-electron chi connectivity index (χ0n) is 13.2. The summed E-state index contributed by atoms with van der Waals surface area (Å²) in [6.45, 7) is 2.63. The molecule has 1 aromatic heterocycles. The van der Waals surface area contributed by atoms with Gasteiger partial charge in [-0.3, -0.25) is 14.6 Å². The smallest absolute Gasteiger partial charge is 0.252 e. The molecule has 23 heavy (non-hydrogen) atoms. The van der Waals surface area contributed by atoms with Gasteiger partial charge in [0.1, 0.15) is 5.75 Å². The zero-order valence-corrected chi connectivity index (χ0v) is 13.2. The molecule has 122 valence electrons. The van der Waals surface area contributed by atoms with Crippen molar-refractivity contribution in [1.82, 2.24) is 15.3 Å². The van der Waals surface area contributed by atoms with Crippen LogP contribution in [0.25, 0.3) is 0 Å². The molecule has 0 aliphatic carbocycles. The van der Waals surface area contributed by atoms with E-state index in [9.17, 15) is 9.59 Å². The highest BCUT2D eigenvalue weighted by molar-refractivity contribution is 5.79. The molecular formula is C16H20N4O3. The Kier molecular flexibility index (Phi) is 5.74. The number of aromatic amines is 1. The number of amides is 1. The molecule has 0 saturated heterocycles. The molecule has 7 nitrogen and oxygen atoms in total. The van der Waals surface area contributed by atoms with Crippen LogP contribution >= 0.6 is 0 Å². The Labute approximate surface area is 134 Å². The van der Waals surface area contributed by atoms with E-state index in [1.165, 1.54) is 6.07 Å². The summed E-state index contributed by atoms with van der Waals surface area (Å²) in [6, 6.07) is 8.83. The second-order valence-corrected chi connectivity index (χ2v) is 5.00. The lowest BCUT2D eigenvalue weighted by Crippen LogP contribution is -2.30. The van der Waals surface area contributed by atoms with Crippen LogP contribution in [0.15, 0.2) is 35.1 Å². The van der Waals surface area contributed by atoms with Crippen molar-refractivity contribution in [2.45, 2.75) is 13.3 Å². The van der Waals surface area contributed by atoms with Gasteiger partial charge in [-0.1, -0.05) is 18.2 Å². The van der Waals surface area contributed by atoms with Crippen molar-refractivity contribution in [1.29, 1.82) is 0 Å². The monoisotopic (exact) mass is 316 g/mol. The second kappa shape index (κ2) is 7.98. The molecule has 1 heterocycles. The van der Waals surface area contributed by atoms with Gasteiger partial charge in [0.05, 0.1) is 13.5 Å². The minimum atomic E-state index is -0.208. The largest absolute Gasteiger partial charge is 0.496 e. The normalized spacial score (nSPS) is 10.2. The first-order valence-corrected chi connectivity index (χ1v) is 7.29. The Morgan fingerprint density at radius 1 is 1.30 bits per heavy atom. The molecular weight excluding hydrogens is 296 g/mol. The highest BCUT2D eigenvalue weighted by atomic mass is 16.5. The molecule has 0 atom stereocenters. The summed E-state index contributed by atoms with van der Waals surface area (Å²) >= 11 is 0. The Balaban J connectivity index is 1.77. The maximum atomic E-state index is 11.9. The lowest BCUT2D eigenvalue weighted by atomic mass is 10.1. The number of H-pyrrole nitrogens is 1. The Hall–Kier alpha value is -2.83. The lowest BCUT2D eigenvalue weighted by Gasteiger charge is -2.09. The van der Waals surface area contributed by atoms with E-state index >= 15 is 0 Å². The first-order valence-electron chi connectivity index (χ1n) is 7.29. The third kappa shape index (κ3) is 5.14. The number of hydrogen-bond donors (Lipinski definition) is 3. The van der Waals surface area contributed by atoms with Crippen LogP contribution in [0.3, 0.4) is 0 Å². The van der Waals surface area contributed by atoms with Crippen LogP contribution in [0.4, 0.5) is 5.95 Å². The molecule has 0 spiro atoms. The second-order valence-electron chi connectivity index (χ2n) is 5.00. The van der Waals surface area contributed by atoms with E-state index in [1.54, 1.807) is 14.0 Å². The van der Waals surface area contributed by atoms with E-state index in [0.717, 1.165) is 5.56 Å². The maximum absolute atomic E-state index is 11.9. The molecule has 2 aromatic rings. The van der Waals surface area contributed by atoms with Crippen molar-refractivity contribution in [2.24, 2.45) is 0 Å². The van der Waals surface area contributed by atoms with Crippen LogP contribution in [0.5, 0.6) is 5.75 Å². The van der Waals surface area contributed by atoms with Gasteiger partial charge < -0.3 is 15.4 Å². The van der Waals surface area contributed by atoms with Crippen LogP contribution in [-0.2, 0) is 11.2 Å². The number of rotatable bonds is 7. The van der Waals surface area contributed by atoms with E-state index in [-0.39, 0.29) is 17.9 Å². The molecule has 3 N–H and O–H groups in total. The van der Waals surface area contributed by atoms with Gasteiger partial charge in [0.25, 0.3) is 5.56 Å². The number of carbonyl (C=O) groups is 1. The van der Waals surface area contributed by atoms with Gasteiger partial charge in [-0.15, -0.1) is 0 Å². The summed E-state index contributed by atoms with van der Waals surface area (Å²) in [5, 5.41) is 5.77. The number of aromatic nitrogens is 2. The molecule has 0 aliphatic rings. The third-order valence-corrected chi connectivity index (χ3v) is 3.15. The first-order chi connectivity index (χ1) is 11.1. The number of benzene rings is 1. The number of ether oxygens (including phenoxy) is 1. The van der Waals surface area contributed by atoms with Gasteiger partial charge >= 0.3 is 0 Å². The zero-order chi connectivity index (χ0) is 16.7. The molecule has 7 heteroatoms. The number of aryl methyl sites for hydroxylation is 1. The van der Waals surface area contributed by atoms with E-state index < -0.39 is 0 Å². The van der Waals surface area contributed by atoms with Crippen LogP contribution in [0.1, 0.15) is 11.3 Å². The standard InChI is InChI=1S/C16H20N4O3/c1-11-9-15(22)20-16(19-11)18-8-7-17-14(21)10-12-5-3-4-6-13(12)23-2/h3-6,9H,7-8,10H2,1-2H3,(H,17,21)(H2,18,19,20,22). The van der Waals surface area contributed by atoms with Crippen LogP contribution in [-0.4, -0.2) is 36.1 Å². The molecule has 1 amide bonds. The van der Waals surface area contributed by atoms with Gasteiger partial charge in [0, 0.05) is 30.4 Å². The van der Waals surface area contributed by atoms with Crippen LogP contribution < -0.4 is 20.9 Å². The molecule has 0 aliphatic heterocycles. The number of nitrogens with one attached hydrogen (secondary N) is 3. The number of nitrogens with zero attached hydrogens (tertiary/aromatic N) is 1. The summed E-state index contributed by atoms with van der Waals surface area (Å²) < 4.78 is 5.22. The molecule has 0 bridgehead atoms. The molecule has 1 aromatic carbocycles. The van der Waals surface area contributed by atoms with Gasteiger partial charge in [0.15, 0.2) is 0 Å². The van der Waals surface area contributed by atoms with Gasteiger partial charge in [0.2, 0.25) is 11.9 Å². The fourth-order valence-electron chi connectivity index (χ4n) is 2.13. The average Bonchev–Trinajstić information content (AvgIpc) is 2.51.